The number of anilines is 1. The second-order valence-corrected chi connectivity index (χ2v) is 7.86. The third-order valence-corrected chi connectivity index (χ3v) is 5.80. The van der Waals surface area contributed by atoms with Crippen LogP contribution in [0.4, 0.5) is 18.9 Å². The van der Waals surface area contributed by atoms with E-state index in [9.17, 15) is 21.6 Å². The summed E-state index contributed by atoms with van der Waals surface area (Å²) in [6.07, 6.45) is -4.18. The van der Waals surface area contributed by atoms with Crippen molar-refractivity contribution in [3.05, 3.63) is 35.0 Å². The molecule has 3 rings (SSSR count). The molecule has 2 heterocycles. The molecule has 140 valence electrons. The van der Waals surface area contributed by atoms with Crippen LogP contribution in [0.1, 0.15) is 17.6 Å². The van der Waals surface area contributed by atoms with Gasteiger partial charge in [0.05, 0.1) is 5.69 Å². The third-order valence-electron chi connectivity index (χ3n) is 3.26. The number of ether oxygens (including phenoxy) is 1. The Balaban J connectivity index is 1.90. The highest BCUT2D eigenvalue weighted by molar-refractivity contribution is 7.92. The fourth-order valence-corrected chi connectivity index (χ4v) is 4.52. The lowest BCUT2D eigenvalue weighted by Gasteiger charge is -2.10. The summed E-state index contributed by atoms with van der Waals surface area (Å²) in [7, 11) is -4.04. The minimum absolute atomic E-state index is 0.0832. The first kappa shape index (κ1) is 18.5. The van der Waals surface area contributed by atoms with Crippen molar-refractivity contribution in [3.63, 3.8) is 0 Å². The van der Waals surface area contributed by atoms with E-state index in [1.54, 1.807) is 6.92 Å². The monoisotopic (exact) mass is 406 g/mol. The molecule has 0 saturated heterocycles. The SMILES string of the molecule is CCc1nn2c(S(=O)(=O)Nc3ccc(OC(F)(F)F)cc3)c(C)nc2s1. The number of hydrogen-bond donors (Lipinski definition) is 1. The fourth-order valence-electron chi connectivity index (χ4n) is 2.25. The number of aryl methyl sites for hydroxylation is 2. The molecule has 2 aromatic heterocycles. The quantitative estimate of drug-likeness (QED) is 0.702. The highest BCUT2D eigenvalue weighted by Gasteiger charge is 2.31. The minimum Gasteiger partial charge on any atom is -0.406 e. The third kappa shape index (κ3) is 3.75. The molecule has 1 N–H and O–H groups in total. The maximum Gasteiger partial charge on any atom is 0.573 e. The van der Waals surface area contributed by atoms with Crippen molar-refractivity contribution in [3.8, 4) is 5.75 Å². The van der Waals surface area contributed by atoms with Gasteiger partial charge in [-0.25, -0.2) is 4.98 Å². The number of imidazole rings is 1. The molecule has 3 aromatic rings. The van der Waals surface area contributed by atoms with E-state index in [4.69, 9.17) is 0 Å². The number of alkyl halides is 3. The van der Waals surface area contributed by atoms with Crippen LogP contribution in [0.5, 0.6) is 5.75 Å². The Kier molecular flexibility index (Phi) is 4.56. The van der Waals surface area contributed by atoms with Gasteiger partial charge in [0, 0.05) is 5.69 Å². The number of aromatic nitrogens is 3. The summed E-state index contributed by atoms with van der Waals surface area (Å²) in [4.78, 5) is 4.65. The lowest BCUT2D eigenvalue weighted by Crippen LogP contribution is -2.18. The Bertz CT molecular complexity index is 1040. The summed E-state index contributed by atoms with van der Waals surface area (Å²) in [6.45, 7) is 3.43. The highest BCUT2D eigenvalue weighted by Crippen LogP contribution is 2.27. The molecule has 0 radical (unpaired) electrons. The van der Waals surface area contributed by atoms with Gasteiger partial charge in [-0.1, -0.05) is 18.3 Å². The van der Waals surface area contributed by atoms with E-state index in [-0.39, 0.29) is 16.4 Å². The van der Waals surface area contributed by atoms with Crippen LogP contribution < -0.4 is 9.46 Å². The smallest absolute Gasteiger partial charge is 0.406 e. The zero-order chi connectivity index (χ0) is 19.1. The number of benzene rings is 1. The number of sulfonamides is 1. The van der Waals surface area contributed by atoms with Gasteiger partial charge in [0.25, 0.3) is 10.0 Å². The molecule has 0 aliphatic rings. The maximum absolute atomic E-state index is 12.7. The number of fused-ring (bicyclic) bond motifs is 1. The van der Waals surface area contributed by atoms with Crippen molar-refractivity contribution in [2.45, 2.75) is 31.7 Å². The van der Waals surface area contributed by atoms with E-state index < -0.39 is 22.1 Å². The number of nitrogens with zero attached hydrogens (tertiary/aromatic N) is 3. The molecule has 0 unspecified atom stereocenters. The number of nitrogens with one attached hydrogen (secondary N) is 1. The molecule has 12 heteroatoms. The molecule has 0 spiro atoms. The Morgan fingerprint density at radius 3 is 2.50 bits per heavy atom. The van der Waals surface area contributed by atoms with Crippen molar-refractivity contribution in [1.29, 1.82) is 0 Å². The van der Waals surface area contributed by atoms with Gasteiger partial charge < -0.3 is 4.74 Å². The highest BCUT2D eigenvalue weighted by atomic mass is 32.2. The Hall–Kier alpha value is -2.34. The molecule has 26 heavy (non-hydrogen) atoms. The largest absolute Gasteiger partial charge is 0.573 e. The fraction of sp³-hybridized carbons (Fsp3) is 0.286. The van der Waals surface area contributed by atoms with E-state index in [0.29, 0.717) is 11.4 Å². The zero-order valence-corrected chi connectivity index (χ0v) is 15.2. The summed E-state index contributed by atoms with van der Waals surface area (Å²) in [5.74, 6) is -0.449. The lowest BCUT2D eigenvalue weighted by molar-refractivity contribution is -0.274. The summed E-state index contributed by atoms with van der Waals surface area (Å²) in [5.41, 5.74) is 0.357. The van der Waals surface area contributed by atoms with Crippen molar-refractivity contribution < 1.29 is 26.3 Å². The predicted octanol–water partition coefficient (Wildman–Crippen LogP) is 3.36. The molecule has 0 fully saturated rings. The molecule has 7 nitrogen and oxygen atoms in total. The molecule has 0 atom stereocenters. The van der Waals surface area contributed by atoms with Gasteiger partial charge in [-0.3, -0.25) is 4.72 Å². The van der Waals surface area contributed by atoms with E-state index >= 15 is 0 Å². The average Bonchev–Trinajstić information content (AvgIpc) is 3.03. The summed E-state index contributed by atoms with van der Waals surface area (Å²) >= 11 is 1.29. The molecule has 1 aromatic carbocycles. The van der Waals surface area contributed by atoms with Crippen LogP contribution >= 0.6 is 11.3 Å². The topological polar surface area (TPSA) is 85.6 Å². The lowest BCUT2D eigenvalue weighted by atomic mass is 10.3. The predicted molar refractivity (Wildman–Crippen MR) is 88.9 cm³/mol. The molecular weight excluding hydrogens is 393 g/mol. The maximum atomic E-state index is 12.7. The standard InChI is InChI=1S/C14H13F3N4O3S2/c1-3-11-19-21-12(8(2)18-13(21)25-11)26(22,23)20-9-4-6-10(7-5-9)24-14(15,16)17/h4-7,20H,3H2,1-2H3. The van der Waals surface area contributed by atoms with Crippen molar-refractivity contribution in [1.82, 2.24) is 14.6 Å². The number of halogens is 3. The first-order valence-corrected chi connectivity index (χ1v) is 9.62. The second-order valence-electron chi connectivity index (χ2n) is 5.22. The van der Waals surface area contributed by atoms with E-state index in [2.05, 4.69) is 19.5 Å². The van der Waals surface area contributed by atoms with Crippen LogP contribution in [-0.2, 0) is 16.4 Å². The van der Waals surface area contributed by atoms with E-state index in [0.717, 1.165) is 17.1 Å². The van der Waals surface area contributed by atoms with Crippen LogP contribution in [-0.4, -0.2) is 29.4 Å². The summed E-state index contributed by atoms with van der Waals surface area (Å²) in [5, 5.41) is 4.84. The van der Waals surface area contributed by atoms with Crippen LogP contribution in [0.2, 0.25) is 0 Å². The molecule has 0 bridgehead atoms. The van der Waals surface area contributed by atoms with Gasteiger partial charge in [0.15, 0.2) is 0 Å². The summed E-state index contributed by atoms with van der Waals surface area (Å²) in [6, 6.07) is 4.37. The normalized spacial score (nSPS) is 12.5. The van der Waals surface area contributed by atoms with E-state index in [1.165, 1.54) is 28.0 Å². The first-order chi connectivity index (χ1) is 12.1. The Morgan fingerprint density at radius 1 is 1.27 bits per heavy atom. The molecule has 0 amide bonds. The van der Waals surface area contributed by atoms with Gasteiger partial charge in [-0.05, 0) is 37.6 Å². The van der Waals surface area contributed by atoms with Crippen LogP contribution in [0.25, 0.3) is 4.96 Å². The van der Waals surface area contributed by atoms with Crippen molar-refractivity contribution >= 4 is 32.0 Å². The van der Waals surface area contributed by atoms with Crippen LogP contribution in [0, 0.1) is 6.92 Å². The number of rotatable bonds is 5. The van der Waals surface area contributed by atoms with Crippen LogP contribution in [0.3, 0.4) is 0 Å². The number of hydrogen-bond acceptors (Lipinski definition) is 6. The second kappa shape index (κ2) is 6.43. The first-order valence-electron chi connectivity index (χ1n) is 7.33. The molecule has 0 saturated carbocycles. The van der Waals surface area contributed by atoms with Gasteiger partial charge >= 0.3 is 6.36 Å². The van der Waals surface area contributed by atoms with Crippen molar-refractivity contribution in [2.75, 3.05) is 4.72 Å². The summed E-state index contributed by atoms with van der Waals surface area (Å²) < 4.78 is 69.2. The molecule has 0 aliphatic carbocycles. The Morgan fingerprint density at radius 2 is 1.92 bits per heavy atom. The van der Waals surface area contributed by atoms with Gasteiger partial charge in [-0.15, -0.1) is 13.2 Å². The van der Waals surface area contributed by atoms with E-state index in [1.807, 2.05) is 6.92 Å². The average molecular weight is 406 g/mol. The van der Waals surface area contributed by atoms with Crippen LogP contribution in [0.15, 0.2) is 29.3 Å². The minimum atomic E-state index is -4.82. The van der Waals surface area contributed by atoms with Gasteiger partial charge in [-0.2, -0.15) is 18.0 Å². The zero-order valence-electron chi connectivity index (χ0n) is 13.5. The molecular formula is C14H13F3N4O3S2. The van der Waals surface area contributed by atoms with Gasteiger partial charge in [0.2, 0.25) is 9.99 Å². The van der Waals surface area contributed by atoms with Crippen molar-refractivity contribution in [2.24, 2.45) is 0 Å². The van der Waals surface area contributed by atoms with Gasteiger partial charge in [0.1, 0.15) is 10.8 Å². The molecule has 0 aliphatic heterocycles. The Labute approximate surface area is 150 Å².